The van der Waals surface area contributed by atoms with Crippen molar-refractivity contribution in [1.29, 1.82) is 0 Å². The summed E-state index contributed by atoms with van der Waals surface area (Å²) in [6.45, 7) is 3.80. The molecule has 162 valence electrons. The summed E-state index contributed by atoms with van der Waals surface area (Å²) in [4.78, 5) is 16.0. The molecule has 4 rings (SSSR count). The molecule has 1 aromatic carbocycles. The van der Waals surface area contributed by atoms with Crippen LogP contribution in [-0.4, -0.2) is 26.4 Å². The maximum Gasteiger partial charge on any atom is 0.416 e. The van der Waals surface area contributed by atoms with E-state index in [1.165, 1.54) is 12.1 Å². The molecule has 1 atom stereocenters. The number of pyridine rings is 1. The maximum absolute atomic E-state index is 12.8. The number of alkyl halides is 3. The zero-order valence-corrected chi connectivity index (χ0v) is 17.4. The molecule has 2 aromatic heterocycles. The van der Waals surface area contributed by atoms with Crippen molar-refractivity contribution in [1.82, 2.24) is 19.9 Å². The summed E-state index contributed by atoms with van der Waals surface area (Å²) < 4.78 is 38.3. The number of likely N-dealkylation sites (tertiary alicyclic amines) is 1. The van der Waals surface area contributed by atoms with E-state index in [2.05, 4.69) is 14.9 Å². The van der Waals surface area contributed by atoms with Crippen LogP contribution < -0.4 is 0 Å². The fourth-order valence-corrected chi connectivity index (χ4v) is 4.03. The van der Waals surface area contributed by atoms with Crippen LogP contribution in [0, 0.1) is 0 Å². The molecule has 1 aliphatic rings. The van der Waals surface area contributed by atoms with Gasteiger partial charge in [-0.25, -0.2) is 9.97 Å². The first-order chi connectivity index (χ1) is 14.9. The normalized spacial score (nSPS) is 17.2. The van der Waals surface area contributed by atoms with E-state index in [4.69, 9.17) is 4.98 Å². The number of nitrogens with zero attached hydrogens (tertiary/aromatic N) is 4. The zero-order valence-electron chi connectivity index (χ0n) is 17.4. The first kappa shape index (κ1) is 21.4. The number of benzene rings is 1. The van der Waals surface area contributed by atoms with Gasteiger partial charge in [-0.15, -0.1) is 0 Å². The highest BCUT2D eigenvalue weighted by Gasteiger charge is 2.30. The van der Waals surface area contributed by atoms with Crippen molar-refractivity contribution in [2.24, 2.45) is 0 Å². The number of hydrogen-bond acceptors (Lipinski definition) is 4. The van der Waals surface area contributed by atoms with Crippen molar-refractivity contribution < 1.29 is 13.2 Å². The van der Waals surface area contributed by atoms with E-state index >= 15 is 0 Å². The molecule has 31 heavy (non-hydrogen) atoms. The smallest absolute Gasteiger partial charge is 0.290 e. The molecule has 1 aliphatic heterocycles. The third kappa shape index (κ3) is 5.28. The van der Waals surface area contributed by atoms with Crippen LogP contribution in [-0.2, 0) is 25.6 Å². The summed E-state index contributed by atoms with van der Waals surface area (Å²) in [7, 11) is 0. The van der Waals surface area contributed by atoms with Crippen molar-refractivity contribution in [3.8, 4) is 0 Å². The Bertz CT molecular complexity index is 1000. The van der Waals surface area contributed by atoms with Crippen LogP contribution in [0.2, 0.25) is 0 Å². The monoisotopic (exact) mass is 426 g/mol. The molecule has 0 saturated carbocycles. The number of aryl methyl sites for hydroxylation is 1. The van der Waals surface area contributed by atoms with Gasteiger partial charge in [0.05, 0.1) is 17.3 Å². The van der Waals surface area contributed by atoms with Gasteiger partial charge in [0, 0.05) is 43.0 Å². The topological polar surface area (TPSA) is 41.9 Å². The highest BCUT2D eigenvalue weighted by molar-refractivity contribution is 5.28. The second-order valence-corrected chi connectivity index (χ2v) is 7.91. The minimum absolute atomic E-state index is 0.221. The number of rotatable bonds is 6. The molecule has 1 saturated heterocycles. The van der Waals surface area contributed by atoms with Crippen molar-refractivity contribution >= 4 is 0 Å². The second kappa shape index (κ2) is 9.14. The third-order valence-corrected chi connectivity index (χ3v) is 5.66. The van der Waals surface area contributed by atoms with Gasteiger partial charge in [-0.05, 0) is 49.2 Å². The fourth-order valence-electron chi connectivity index (χ4n) is 4.03. The lowest BCUT2D eigenvalue weighted by Gasteiger charge is -2.24. The van der Waals surface area contributed by atoms with Gasteiger partial charge >= 0.3 is 6.18 Å². The summed E-state index contributed by atoms with van der Waals surface area (Å²) in [5.74, 6) is 0.847. The lowest BCUT2D eigenvalue weighted by atomic mass is 10.1. The Morgan fingerprint density at radius 1 is 1.00 bits per heavy atom. The van der Waals surface area contributed by atoms with Gasteiger partial charge in [0.1, 0.15) is 5.82 Å². The van der Waals surface area contributed by atoms with Gasteiger partial charge < -0.3 is 0 Å². The molecule has 4 nitrogen and oxygen atoms in total. The molecule has 3 heterocycles. The highest BCUT2D eigenvalue weighted by Crippen LogP contribution is 2.32. The summed E-state index contributed by atoms with van der Waals surface area (Å²) >= 11 is 0. The zero-order chi connectivity index (χ0) is 21.8. The molecule has 0 unspecified atom stereocenters. The van der Waals surface area contributed by atoms with Crippen LogP contribution in [0.1, 0.15) is 59.7 Å². The third-order valence-electron chi connectivity index (χ3n) is 5.66. The number of halogens is 3. The Hall–Kier alpha value is -2.80. The van der Waals surface area contributed by atoms with Gasteiger partial charge in [-0.1, -0.05) is 25.1 Å². The van der Waals surface area contributed by atoms with Crippen molar-refractivity contribution in [2.45, 2.75) is 51.4 Å². The van der Waals surface area contributed by atoms with E-state index in [-0.39, 0.29) is 6.04 Å². The average molecular weight is 426 g/mol. The van der Waals surface area contributed by atoms with Gasteiger partial charge in [-0.3, -0.25) is 9.88 Å². The van der Waals surface area contributed by atoms with Crippen molar-refractivity contribution in [3.63, 3.8) is 0 Å². The Balaban J connectivity index is 1.46. The molecule has 0 radical (unpaired) electrons. The summed E-state index contributed by atoms with van der Waals surface area (Å²) in [6.07, 6.45) is 2.94. The lowest BCUT2D eigenvalue weighted by molar-refractivity contribution is -0.137. The van der Waals surface area contributed by atoms with Gasteiger partial charge in [0.2, 0.25) is 0 Å². The quantitative estimate of drug-likeness (QED) is 0.531. The Labute approximate surface area is 180 Å². The summed E-state index contributed by atoms with van der Waals surface area (Å²) in [5, 5.41) is 0. The van der Waals surface area contributed by atoms with Crippen LogP contribution in [0.4, 0.5) is 13.2 Å². The minimum Gasteiger partial charge on any atom is -0.290 e. The van der Waals surface area contributed by atoms with Crippen LogP contribution >= 0.6 is 0 Å². The van der Waals surface area contributed by atoms with E-state index in [1.807, 2.05) is 37.5 Å². The lowest BCUT2D eigenvalue weighted by Crippen LogP contribution is -2.24. The number of aromatic nitrogens is 3. The summed E-state index contributed by atoms with van der Waals surface area (Å²) in [5.41, 5.74) is 3.14. The molecule has 0 aliphatic carbocycles. The molecule has 0 N–H and O–H groups in total. The van der Waals surface area contributed by atoms with E-state index in [1.54, 1.807) is 0 Å². The summed E-state index contributed by atoms with van der Waals surface area (Å²) in [6, 6.07) is 11.5. The fraction of sp³-hybridized carbons (Fsp3) is 0.375. The largest absolute Gasteiger partial charge is 0.416 e. The number of hydrogen-bond donors (Lipinski definition) is 0. The Morgan fingerprint density at radius 3 is 2.42 bits per heavy atom. The molecular formula is C24H25F3N4. The van der Waals surface area contributed by atoms with Crippen LogP contribution in [0.3, 0.4) is 0 Å². The molecular weight excluding hydrogens is 401 g/mol. The minimum atomic E-state index is -4.31. The van der Waals surface area contributed by atoms with Crippen molar-refractivity contribution in [2.75, 3.05) is 6.54 Å². The predicted molar refractivity (Wildman–Crippen MR) is 112 cm³/mol. The van der Waals surface area contributed by atoms with Gasteiger partial charge in [-0.2, -0.15) is 13.2 Å². The van der Waals surface area contributed by atoms with Crippen LogP contribution in [0.15, 0.2) is 54.9 Å². The molecule has 1 fully saturated rings. The van der Waals surface area contributed by atoms with Gasteiger partial charge in [0.25, 0.3) is 0 Å². The SMILES string of the molecule is CCc1ncc(CN2CCC[C@@H]2c2cccc(Cc3ccc(C(F)(F)F)cc3)n2)cn1. The molecule has 0 amide bonds. The van der Waals surface area contributed by atoms with Gasteiger partial charge in [0.15, 0.2) is 0 Å². The van der Waals surface area contributed by atoms with E-state index < -0.39 is 11.7 Å². The van der Waals surface area contributed by atoms with E-state index in [0.29, 0.717) is 6.42 Å². The molecule has 3 aromatic rings. The van der Waals surface area contributed by atoms with Crippen molar-refractivity contribution in [3.05, 3.63) is 88.8 Å². The standard InChI is InChI=1S/C24H25F3N4/c1-2-23-28-14-18(15-29-23)16-31-12-4-7-22(31)21-6-3-5-20(30-21)13-17-8-10-19(11-9-17)24(25,26)27/h3,5-6,8-11,14-15,22H,2,4,7,12-13,16H2,1H3/t22-/m1/s1. The highest BCUT2D eigenvalue weighted by atomic mass is 19.4. The molecule has 7 heteroatoms. The Morgan fingerprint density at radius 2 is 1.74 bits per heavy atom. The Kier molecular flexibility index (Phi) is 6.32. The van der Waals surface area contributed by atoms with E-state index in [0.717, 1.165) is 72.8 Å². The maximum atomic E-state index is 12.8. The molecule has 0 spiro atoms. The van der Waals surface area contributed by atoms with Crippen LogP contribution in [0.25, 0.3) is 0 Å². The first-order valence-electron chi connectivity index (χ1n) is 10.6. The second-order valence-electron chi connectivity index (χ2n) is 7.91. The average Bonchev–Trinajstić information content (AvgIpc) is 3.22. The van der Waals surface area contributed by atoms with E-state index in [9.17, 15) is 13.2 Å². The predicted octanol–water partition coefficient (Wildman–Crippen LogP) is 5.38. The molecule has 0 bridgehead atoms. The van der Waals surface area contributed by atoms with Crippen LogP contribution in [0.5, 0.6) is 0 Å². The first-order valence-corrected chi connectivity index (χ1v) is 10.6.